The number of rotatable bonds is 7. The number of hydrogen-bond acceptors (Lipinski definition) is 4. The van der Waals surface area contributed by atoms with Gasteiger partial charge in [0.25, 0.3) is 0 Å². The third-order valence-electron chi connectivity index (χ3n) is 6.89. The fourth-order valence-electron chi connectivity index (χ4n) is 4.50. The normalized spacial score (nSPS) is 15.7. The van der Waals surface area contributed by atoms with E-state index in [4.69, 9.17) is 0 Å². The summed E-state index contributed by atoms with van der Waals surface area (Å²) in [5.41, 5.74) is 8.89. The molecule has 2 unspecified atom stereocenters. The predicted molar refractivity (Wildman–Crippen MR) is 149 cm³/mol. The van der Waals surface area contributed by atoms with Gasteiger partial charge in [0, 0.05) is 11.8 Å². The molecule has 1 aromatic heterocycles. The topological polar surface area (TPSA) is 50.2 Å². The van der Waals surface area contributed by atoms with Crippen LogP contribution in [0.15, 0.2) is 77.1 Å². The lowest BCUT2D eigenvalue weighted by atomic mass is 9.83. The van der Waals surface area contributed by atoms with Crippen molar-refractivity contribution in [2.45, 2.75) is 59.9 Å². The molecule has 4 rings (SSSR count). The van der Waals surface area contributed by atoms with E-state index in [-0.39, 0.29) is 6.04 Å². The minimum Gasteiger partial charge on any atom is -0.363 e. The van der Waals surface area contributed by atoms with Crippen molar-refractivity contribution in [2.75, 3.05) is 5.32 Å². The molecule has 0 radical (unpaired) electrons. The number of nitrogens with one attached hydrogen (secondary N) is 1. The van der Waals surface area contributed by atoms with Gasteiger partial charge in [-0.25, -0.2) is 15.0 Å². The van der Waals surface area contributed by atoms with Gasteiger partial charge in [-0.05, 0) is 79.9 Å². The highest BCUT2D eigenvalue weighted by Gasteiger charge is 2.21. The van der Waals surface area contributed by atoms with Crippen molar-refractivity contribution in [3.8, 4) is 0 Å². The average molecular weight is 465 g/mol. The van der Waals surface area contributed by atoms with Crippen LogP contribution in [0.4, 0.5) is 11.6 Å². The second kappa shape index (κ2) is 11.3. The van der Waals surface area contributed by atoms with Crippen LogP contribution in [0.1, 0.15) is 62.8 Å². The van der Waals surface area contributed by atoms with E-state index >= 15 is 0 Å². The smallest absolute Gasteiger partial charge is 0.159 e. The number of aromatic nitrogens is 2. The molecule has 0 bridgehead atoms. The molecular formula is C31H36N4. The summed E-state index contributed by atoms with van der Waals surface area (Å²) < 4.78 is 0. The van der Waals surface area contributed by atoms with Crippen LogP contribution < -0.4 is 5.32 Å². The van der Waals surface area contributed by atoms with Crippen molar-refractivity contribution in [1.29, 1.82) is 0 Å². The molecule has 1 N–H and O–H groups in total. The van der Waals surface area contributed by atoms with Gasteiger partial charge >= 0.3 is 0 Å². The second-order valence-corrected chi connectivity index (χ2v) is 9.52. The quantitative estimate of drug-likeness (QED) is 0.362. The Balaban J connectivity index is 1.75. The maximum absolute atomic E-state index is 4.65. The zero-order chi connectivity index (χ0) is 24.8. The SMILES string of the molecule is CCC(C)C=Nc1ncnc(NC(C)C2=Cc3ccccc3CCC(C)=C2c2ccccc2)c1C. The van der Waals surface area contributed by atoms with E-state index in [0.29, 0.717) is 5.92 Å². The number of fused-ring (bicyclic) bond motifs is 1. The molecule has 0 spiro atoms. The van der Waals surface area contributed by atoms with E-state index in [0.717, 1.165) is 36.5 Å². The summed E-state index contributed by atoms with van der Waals surface area (Å²) in [6, 6.07) is 19.5. The Kier molecular flexibility index (Phi) is 7.91. The Hall–Kier alpha value is -3.53. The molecule has 3 aromatic rings. The largest absolute Gasteiger partial charge is 0.363 e. The van der Waals surface area contributed by atoms with Gasteiger partial charge in [0.05, 0.1) is 6.04 Å². The van der Waals surface area contributed by atoms with Crippen LogP contribution in [0, 0.1) is 12.8 Å². The fraction of sp³-hybridized carbons (Fsp3) is 0.323. The van der Waals surface area contributed by atoms with Crippen LogP contribution in [0.25, 0.3) is 11.6 Å². The summed E-state index contributed by atoms with van der Waals surface area (Å²) >= 11 is 0. The van der Waals surface area contributed by atoms with E-state index in [1.807, 2.05) is 13.1 Å². The van der Waals surface area contributed by atoms with Crippen molar-refractivity contribution in [2.24, 2.45) is 10.9 Å². The number of nitrogens with zero attached hydrogens (tertiary/aromatic N) is 3. The van der Waals surface area contributed by atoms with Crippen molar-refractivity contribution in [1.82, 2.24) is 9.97 Å². The standard InChI is InChI=1S/C31H36N4/c1-6-21(2)19-32-30-23(4)31(34-20-33-30)35-24(5)28-18-27-15-11-10-12-25(27)17-16-22(3)29(28)26-13-8-7-9-14-26/h7-15,18-21,24H,6,16-17H2,1-5H3,(H,33,34,35). The summed E-state index contributed by atoms with van der Waals surface area (Å²) in [6.07, 6.45) is 9.08. The molecule has 35 heavy (non-hydrogen) atoms. The molecule has 0 fully saturated rings. The van der Waals surface area contributed by atoms with E-state index in [1.54, 1.807) is 6.33 Å². The summed E-state index contributed by atoms with van der Waals surface area (Å²) in [6.45, 7) is 10.9. The first-order chi connectivity index (χ1) is 17.0. The summed E-state index contributed by atoms with van der Waals surface area (Å²) in [5.74, 6) is 1.97. The molecule has 180 valence electrons. The number of allylic oxidation sites excluding steroid dienone is 1. The van der Waals surface area contributed by atoms with Gasteiger partial charge in [0.2, 0.25) is 0 Å². The molecule has 1 aliphatic carbocycles. The Morgan fingerprint density at radius 1 is 0.971 bits per heavy atom. The van der Waals surface area contributed by atoms with Gasteiger partial charge in [-0.3, -0.25) is 0 Å². The van der Waals surface area contributed by atoms with Crippen LogP contribution in [-0.2, 0) is 6.42 Å². The number of aliphatic imine (C=N–C) groups is 1. The third kappa shape index (κ3) is 5.76. The predicted octanol–water partition coefficient (Wildman–Crippen LogP) is 7.84. The molecule has 0 saturated carbocycles. The van der Waals surface area contributed by atoms with Crippen molar-refractivity contribution < 1.29 is 0 Å². The minimum atomic E-state index is 0.0336. The zero-order valence-corrected chi connectivity index (χ0v) is 21.5. The number of hydrogen-bond donors (Lipinski definition) is 1. The second-order valence-electron chi connectivity index (χ2n) is 9.52. The van der Waals surface area contributed by atoms with Crippen molar-refractivity contribution >= 4 is 29.5 Å². The first-order valence-corrected chi connectivity index (χ1v) is 12.6. The Bertz CT molecular complexity index is 1250. The molecule has 2 atom stereocenters. The molecule has 1 aliphatic rings. The van der Waals surface area contributed by atoms with Crippen LogP contribution >= 0.6 is 0 Å². The van der Waals surface area contributed by atoms with Gasteiger partial charge in [0.1, 0.15) is 12.1 Å². The van der Waals surface area contributed by atoms with E-state index in [1.165, 1.54) is 33.4 Å². The highest BCUT2D eigenvalue weighted by molar-refractivity contribution is 5.89. The van der Waals surface area contributed by atoms with Gasteiger partial charge in [-0.2, -0.15) is 0 Å². The average Bonchev–Trinajstić information content (AvgIpc) is 2.87. The minimum absolute atomic E-state index is 0.0336. The van der Waals surface area contributed by atoms with Crippen molar-refractivity contribution in [3.05, 3.63) is 94.3 Å². The summed E-state index contributed by atoms with van der Waals surface area (Å²) in [7, 11) is 0. The van der Waals surface area contributed by atoms with Gasteiger partial charge < -0.3 is 5.32 Å². The molecule has 4 nitrogen and oxygen atoms in total. The first kappa shape index (κ1) is 24.6. The number of anilines is 1. The lowest BCUT2D eigenvalue weighted by molar-refractivity contribution is 0.754. The van der Waals surface area contributed by atoms with E-state index in [2.05, 4.69) is 109 Å². The van der Waals surface area contributed by atoms with Crippen LogP contribution in [0.3, 0.4) is 0 Å². The Morgan fingerprint density at radius 2 is 1.71 bits per heavy atom. The lowest BCUT2D eigenvalue weighted by Crippen LogP contribution is -2.21. The maximum atomic E-state index is 4.65. The van der Waals surface area contributed by atoms with Gasteiger partial charge in [-0.15, -0.1) is 0 Å². The highest BCUT2D eigenvalue weighted by Crippen LogP contribution is 2.36. The summed E-state index contributed by atoms with van der Waals surface area (Å²) in [4.78, 5) is 13.7. The molecule has 0 aliphatic heterocycles. The molecular weight excluding hydrogens is 428 g/mol. The Labute approximate surface area is 210 Å². The monoisotopic (exact) mass is 464 g/mol. The maximum Gasteiger partial charge on any atom is 0.159 e. The Morgan fingerprint density at radius 3 is 2.49 bits per heavy atom. The molecule has 0 amide bonds. The number of aryl methyl sites for hydroxylation is 1. The lowest BCUT2D eigenvalue weighted by Gasteiger charge is -2.26. The third-order valence-corrected chi connectivity index (χ3v) is 6.89. The molecule has 1 heterocycles. The van der Waals surface area contributed by atoms with E-state index < -0.39 is 0 Å². The van der Waals surface area contributed by atoms with Crippen LogP contribution in [0.5, 0.6) is 0 Å². The van der Waals surface area contributed by atoms with Crippen LogP contribution in [0.2, 0.25) is 0 Å². The van der Waals surface area contributed by atoms with Gasteiger partial charge in [-0.1, -0.05) is 74.0 Å². The van der Waals surface area contributed by atoms with Gasteiger partial charge in [0.15, 0.2) is 5.82 Å². The molecule has 0 saturated heterocycles. The highest BCUT2D eigenvalue weighted by atomic mass is 15.1. The van der Waals surface area contributed by atoms with Crippen molar-refractivity contribution in [3.63, 3.8) is 0 Å². The fourth-order valence-corrected chi connectivity index (χ4v) is 4.50. The molecule has 2 aromatic carbocycles. The zero-order valence-electron chi connectivity index (χ0n) is 21.5. The number of benzene rings is 2. The molecule has 4 heteroatoms. The van der Waals surface area contributed by atoms with E-state index in [9.17, 15) is 0 Å². The first-order valence-electron chi connectivity index (χ1n) is 12.6. The summed E-state index contributed by atoms with van der Waals surface area (Å²) in [5, 5.41) is 3.69. The van der Waals surface area contributed by atoms with Crippen LogP contribution in [-0.4, -0.2) is 22.2 Å².